The molecule has 0 spiro atoms. The number of carbonyl (C=O) groups is 1. The van der Waals surface area contributed by atoms with Gasteiger partial charge in [0.15, 0.2) is 11.6 Å². The van der Waals surface area contributed by atoms with Crippen LogP contribution in [0.25, 0.3) is 0 Å². The Hall–Kier alpha value is -1.20. The first kappa shape index (κ1) is 15.2. The van der Waals surface area contributed by atoms with Gasteiger partial charge in [0.1, 0.15) is 0 Å². The van der Waals surface area contributed by atoms with Crippen molar-refractivity contribution in [2.24, 2.45) is 5.41 Å². The molecule has 0 saturated carbocycles. The van der Waals surface area contributed by atoms with E-state index in [4.69, 9.17) is 11.6 Å². The first-order valence-electron chi connectivity index (χ1n) is 6.55. The number of rotatable bonds is 3. The monoisotopic (exact) mass is 302 g/mol. The Morgan fingerprint density at radius 1 is 1.35 bits per heavy atom. The fraction of sp³-hybridized carbons (Fsp3) is 0.500. The van der Waals surface area contributed by atoms with Crippen molar-refractivity contribution in [3.8, 4) is 0 Å². The summed E-state index contributed by atoms with van der Waals surface area (Å²) in [6.07, 6.45) is 1.91. The van der Waals surface area contributed by atoms with E-state index in [1.54, 1.807) is 0 Å². The molecule has 0 unspecified atom stereocenters. The summed E-state index contributed by atoms with van der Waals surface area (Å²) in [6.45, 7) is 4.42. The second kappa shape index (κ2) is 6.06. The number of hydrogen-bond donors (Lipinski definition) is 2. The van der Waals surface area contributed by atoms with Crippen LogP contribution in [0.4, 0.5) is 8.78 Å². The highest BCUT2D eigenvalue weighted by Crippen LogP contribution is 2.27. The minimum atomic E-state index is -1.08. The summed E-state index contributed by atoms with van der Waals surface area (Å²) in [6, 6.07) is 1.65. The highest BCUT2D eigenvalue weighted by Gasteiger charge is 2.27. The Morgan fingerprint density at radius 3 is 2.60 bits per heavy atom. The average molecular weight is 303 g/mol. The van der Waals surface area contributed by atoms with Gasteiger partial charge >= 0.3 is 0 Å². The van der Waals surface area contributed by atoms with E-state index in [9.17, 15) is 13.6 Å². The van der Waals surface area contributed by atoms with Crippen LogP contribution in [0.15, 0.2) is 12.1 Å². The molecule has 1 aromatic rings. The van der Waals surface area contributed by atoms with Crippen molar-refractivity contribution in [3.63, 3.8) is 0 Å². The van der Waals surface area contributed by atoms with Gasteiger partial charge in [-0.15, -0.1) is 0 Å². The number of hydrogen-bond acceptors (Lipinski definition) is 2. The Labute approximate surface area is 121 Å². The van der Waals surface area contributed by atoms with Crippen LogP contribution in [-0.2, 0) is 0 Å². The Bertz CT molecular complexity index is 516. The van der Waals surface area contributed by atoms with Crippen LogP contribution in [-0.4, -0.2) is 25.5 Å². The average Bonchev–Trinajstić information content (AvgIpc) is 2.41. The van der Waals surface area contributed by atoms with E-state index < -0.39 is 17.5 Å². The van der Waals surface area contributed by atoms with Gasteiger partial charge in [0.25, 0.3) is 5.91 Å². The molecule has 1 heterocycles. The molecule has 2 N–H and O–H groups in total. The van der Waals surface area contributed by atoms with Gasteiger partial charge in [-0.25, -0.2) is 8.78 Å². The fourth-order valence-corrected chi connectivity index (χ4v) is 2.53. The lowest BCUT2D eigenvalue weighted by atomic mass is 9.81. The number of nitrogens with one attached hydrogen (secondary N) is 2. The van der Waals surface area contributed by atoms with E-state index in [2.05, 4.69) is 17.6 Å². The minimum Gasteiger partial charge on any atom is -0.351 e. The smallest absolute Gasteiger partial charge is 0.252 e. The van der Waals surface area contributed by atoms with E-state index in [0.29, 0.717) is 6.54 Å². The molecular weight excluding hydrogens is 286 g/mol. The molecule has 0 atom stereocenters. The highest BCUT2D eigenvalue weighted by atomic mass is 35.5. The fourth-order valence-electron chi connectivity index (χ4n) is 2.29. The maximum absolute atomic E-state index is 13.2. The van der Waals surface area contributed by atoms with Crippen LogP contribution in [0.3, 0.4) is 0 Å². The van der Waals surface area contributed by atoms with E-state index in [1.165, 1.54) is 0 Å². The topological polar surface area (TPSA) is 41.1 Å². The van der Waals surface area contributed by atoms with Gasteiger partial charge < -0.3 is 10.6 Å². The van der Waals surface area contributed by atoms with Gasteiger partial charge in [-0.3, -0.25) is 4.79 Å². The van der Waals surface area contributed by atoms with Crippen molar-refractivity contribution < 1.29 is 13.6 Å². The van der Waals surface area contributed by atoms with E-state index in [0.717, 1.165) is 38.1 Å². The SMILES string of the molecule is CC1(CNC(=O)c2cc(F)c(F)cc2Cl)CCNCC1. The summed E-state index contributed by atoms with van der Waals surface area (Å²) < 4.78 is 26.1. The molecule has 1 fully saturated rings. The third-order valence-electron chi connectivity index (χ3n) is 3.74. The molecule has 6 heteroatoms. The van der Waals surface area contributed by atoms with Crippen LogP contribution in [0.5, 0.6) is 0 Å². The van der Waals surface area contributed by atoms with Gasteiger partial charge in [-0.05, 0) is 43.5 Å². The van der Waals surface area contributed by atoms with E-state index >= 15 is 0 Å². The Morgan fingerprint density at radius 2 is 1.95 bits per heavy atom. The zero-order chi connectivity index (χ0) is 14.8. The largest absolute Gasteiger partial charge is 0.351 e. The van der Waals surface area contributed by atoms with Crippen molar-refractivity contribution in [1.29, 1.82) is 0 Å². The summed E-state index contributed by atoms with van der Waals surface area (Å²) in [4.78, 5) is 12.0. The molecule has 1 saturated heterocycles. The van der Waals surface area contributed by atoms with Crippen molar-refractivity contribution in [1.82, 2.24) is 10.6 Å². The molecule has 0 aromatic heterocycles. The van der Waals surface area contributed by atoms with Gasteiger partial charge in [-0.2, -0.15) is 0 Å². The Balaban J connectivity index is 2.03. The van der Waals surface area contributed by atoms with E-state index in [1.807, 2.05) is 0 Å². The van der Waals surface area contributed by atoms with Crippen molar-refractivity contribution in [2.45, 2.75) is 19.8 Å². The maximum Gasteiger partial charge on any atom is 0.252 e. The van der Waals surface area contributed by atoms with Crippen LogP contribution in [0.2, 0.25) is 5.02 Å². The number of amides is 1. The van der Waals surface area contributed by atoms with Crippen molar-refractivity contribution >= 4 is 17.5 Å². The lowest BCUT2D eigenvalue weighted by Gasteiger charge is -2.34. The minimum absolute atomic E-state index is 0.0198. The maximum atomic E-state index is 13.2. The number of halogens is 3. The lowest BCUT2D eigenvalue weighted by molar-refractivity contribution is 0.0922. The second-order valence-electron chi connectivity index (χ2n) is 5.49. The summed E-state index contributed by atoms with van der Waals surface area (Å²) >= 11 is 5.78. The van der Waals surface area contributed by atoms with Gasteiger partial charge in [-0.1, -0.05) is 18.5 Å². The first-order valence-corrected chi connectivity index (χ1v) is 6.93. The molecule has 0 bridgehead atoms. The molecule has 1 aromatic carbocycles. The quantitative estimate of drug-likeness (QED) is 0.843. The van der Waals surface area contributed by atoms with Gasteiger partial charge in [0.2, 0.25) is 0 Å². The van der Waals surface area contributed by atoms with Crippen LogP contribution >= 0.6 is 11.6 Å². The van der Waals surface area contributed by atoms with Gasteiger partial charge in [0, 0.05) is 6.54 Å². The summed E-state index contributed by atoms with van der Waals surface area (Å²) in [7, 11) is 0. The summed E-state index contributed by atoms with van der Waals surface area (Å²) in [5.74, 6) is -2.61. The van der Waals surface area contributed by atoms with Crippen molar-refractivity contribution in [3.05, 3.63) is 34.4 Å². The zero-order valence-corrected chi connectivity index (χ0v) is 12.0. The molecule has 0 aliphatic carbocycles. The molecule has 0 radical (unpaired) electrons. The van der Waals surface area contributed by atoms with Crippen molar-refractivity contribution in [2.75, 3.05) is 19.6 Å². The third-order valence-corrected chi connectivity index (χ3v) is 4.05. The normalized spacial score (nSPS) is 17.8. The molecule has 20 heavy (non-hydrogen) atoms. The van der Waals surface area contributed by atoms with Crippen LogP contribution < -0.4 is 10.6 Å². The third kappa shape index (κ3) is 3.46. The number of benzene rings is 1. The molecule has 3 nitrogen and oxygen atoms in total. The molecule has 1 aliphatic rings. The molecule has 1 amide bonds. The predicted octanol–water partition coefficient (Wildman–Crippen LogP) is 2.74. The van der Waals surface area contributed by atoms with Crippen LogP contribution in [0.1, 0.15) is 30.1 Å². The number of carbonyl (C=O) groups excluding carboxylic acids is 1. The standard InChI is InChI=1S/C14H17ClF2N2O/c1-14(2-4-18-5-3-14)8-19-13(20)9-6-11(16)12(17)7-10(9)15/h6-7,18H,2-5,8H2,1H3,(H,19,20). The van der Waals surface area contributed by atoms with Crippen LogP contribution in [0, 0.1) is 17.0 Å². The second-order valence-corrected chi connectivity index (χ2v) is 5.90. The van der Waals surface area contributed by atoms with E-state index in [-0.39, 0.29) is 16.0 Å². The Kier molecular flexibility index (Phi) is 4.60. The molecule has 2 rings (SSSR count). The highest BCUT2D eigenvalue weighted by molar-refractivity contribution is 6.33. The van der Waals surface area contributed by atoms with Gasteiger partial charge in [0.05, 0.1) is 10.6 Å². The first-order chi connectivity index (χ1) is 9.41. The summed E-state index contributed by atoms with van der Waals surface area (Å²) in [5, 5.41) is 5.93. The predicted molar refractivity (Wildman–Crippen MR) is 73.9 cm³/mol. The molecular formula is C14H17ClF2N2O. The molecule has 1 aliphatic heterocycles. The zero-order valence-electron chi connectivity index (χ0n) is 11.2. The number of piperidine rings is 1. The summed E-state index contributed by atoms with van der Waals surface area (Å²) in [5.41, 5.74) is -0.0190. The molecule has 110 valence electrons. The lowest BCUT2D eigenvalue weighted by Crippen LogP contribution is -2.43.